The summed E-state index contributed by atoms with van der Waals surface area (Å²) in [5, 5.41) is 2.87. The Balaban J connectivity index is 1.40. The van der Waals surface area contributed by atoms with E-state index in [-0.39, 0.29) is 23.8 Å². The van der Waals surface area contributed by atoms with Crippen LogP contribution in [0.15, 0.2) is 47.4 Å². The number of nitrogens with one attached hydrogen (secondary N) is 2. The molecule has 0 unspecified atom stereocenters. The van der Waals surface area contributed by atoms with E-state index in [1.807, 2.05) is 13.8 Å². The zero-order chi connectivity index (χ0) is 23.0. The fraction of sp³-hybridized carbons (Fsp3) is 0.480. The molecule has 32 heavy (non-hydrogen) atoms. The first-order chi connectivity index (χ1) is 15.3. The number of benzene rings is 2. The molecule has 1 heterocycles. The number of hydrogen-bond donors (Lipinski definition) is 2. The minimum Gasteiger partial charge on any atom is -0.352 e. The molecule has 0 radical (unpaired) electrons. The highest BCUT2D eigenvalue weighted by Crippen LogP contribution is 2.15. The zero-order valence-corrected chi connectivity index (χ0v) is 20.0. The summed E-state index contributed by atoms with van der Waals surface area (Å²) in [5.74, 6) is -0.179. The van der Waals surface area contributed by atoms with E-state index in [1.54, 1.807) is 18.2 Å². The fourth-order valence-corrected chi connectivity index (χ4v) is 4.98. The van der Waals surface area contributed by atoms with Crippen molar-refractivity contribution in [2.75, 3.05) is 19.6 Å². The van der Waals surface area contributed by atoms with Gasteiger partial charge in [0.2, 0.25) is 15.9 Å². The van der Waals surface area contributed by atoms with Crippen molar-refractivity contribution in [3.63, 3.8) is 0 Å². The maximum absolute atomic E-state index is 12.4. The van der Waals surface area contributed by atoms with Gasteiger partial charge in [-0.15, -0.1) is 0 Å². The third-order valence-electron chi connectivity index (χ3n) is 6.05. The van der Waals surface area contributed by atoms with Crippen LogP contribution in [0.5, 0.6) is 0 Å². The van der Waals surface area contributed by atoms with Crippen LogP contribution in [0.1, 0.15) is 54.4 Å². The Labute approximate surface area is 192 Å². The Hall–Kier alpha value is -2.22. The minimum atomic E-state index is -3.62. The van der Waals surface area contributed by atoms with E-state index in [9.17, 15) is 13.2 Å². The number of rotatable bonds is 9. The first-order valence-electron chi connectivity index (χ1n) is 11.5. The average Bonchev–Trinajstić information content (AvgIpc) is 3.03. The SMILES string of the molecule is Cc1ccc(S(=O)(=O)NCCC(=O)NCc2ccc(CN3CCCCCC3)cc2)cc1C. The van der Waals surface area contributed by atoms with Gasteiger partial charge in [0, 0.05) is 26.1 Å². The number of hydrogen-bond acceptors (Lipinski definition) is 4. The lowest BCUT2D eigenvalue weighted by Gasteiger charge is -2.19. The lowest BCUT2D eigenvalue weighted by Crippen LogP contribution is -2.30. The standard InChI is InChI=1S/C25H35N3O3S/c1-20-7-12-24(17-21(20)2)32(30,31)27-14-13-25(29)26-18-22-8-10-23(11-9-22)19-28-15-5-3-4-6-16-28/h7-12,17,27H,3-6,13-16,18-19H2,1-2H3,(H,26,29). The maximum Gasteiger partial charge on any atom is 0.240 e. The van der Waals surface area contributed by atoms with Crippen molar-refractivity contribution < 1.29 is 13.2 Å². The number of likely N-dealkylation sites (tertiary alicyclic amines) is 1. The van der Waals surface area contributed by atoms with Crippen LogP contribution in [0.25, 0.3) is 0 Å². The largest absolute Gasteiger partial charge is 0.352 e. The Bertz CT molecular complexity index is 996. The molecule has 7 heteroatoms. The predicted molar refractivity (Wildman–Crippen MR) is 128 cm³/mol. The molecule has 174 valence electrons. The number of carbonyl (C=O) groups is 1. The summed E-state index contributed by atoms with van der Waals surface area (Å²) in [6.07, 6.45) is 5.33. The van der Waals surface area contributed by atoms with Crippen LogP contribution >= 0.6 is 0 Å². The molecule has 0 saturated carbocycles. The number of sulfonamides is 1. The van der Waals surface area contributed by atoms with Crippen molar-refractivity contribution in [2.45, 2.75) is 63.9 Å². The van der Waals surface area contributed by atoms with Crippen molar-refractivity contribution in [1.29, 1.82) is 0 Å². The molecule has 6 nitrogen and oxygen atoms in total. The summed E-state index contributed by atoms with van der Waals surface area (Å²) >= 11 is 0. The van der Waals surface area contributed by atoms with Crippen molar-refractivity contribution in [2.24, 2.45) is 0 Å². The third kappa shape index (κ3) is 7.43. The van der Waals surface area contributed by atoms with Gasteiger partial charge in [0.05, 0.1) is 4.90 Å². The van der Waals surface area contributed by atoms with Crippen LogP contribution in [-0.4, -0.2) is 38.9 Å². The van der Waals surface area contributed by atoms with Gasteiger partial charge in [-0.1, -0.05) is 43.2 Å². The van der Waals surface area contributed by atoms with Gasteiger partial charge in [-0.05, 0) is 74.2 Å². The number of amides is 1. The van der Waals surface area contributed by atoms with Crippen molar-refractivity contribution in [3.8, 4) is 0 Å². The average molecular weight is 458 g/mol. The normalized spacial score (nSPS) is 15.3. The van der Waals surface area contributed by atoms with Crippen LogP contribution in [-0.2, 0) is 27.9 Å². The highest BCUT2D eigenvalue weighted by Gasteiger charge is 2.15. The molecular formula is C25H35N3O3S. The van der Waals surface area contributed by atoms with E-state index in [0.717, 1.165) is 23.2 Å². The summed E-state index contributed by atoms with van der Waals surface area (Å²) in [5.41, 5.74) is 4.29. The lowest BCUT2D eigenvalue weighted by molar-refractivity contribution is -0.121. The van der Waals surface area contributed by atoms with Crippen LogP contribution in [0.2, 0.25) is 0 Å². The number of nitrogens with zero attached hydrogens (tertiary/aromatic N) is 1. The van der Waals surface area contributed by atoms with Gasteiger partial charge in [-0.2, -0.15) is 0 Å². The van der Waals surface area contributed by atoms with E-state index >= 15 is 0 Å². The van der Waals surface area contributed by atoms with Crippen LogP contribution in [0.4, 0.5) is 0 Å². The predicted octanol–water partition coefficient (Wildman–Crippen LogP) is 3.66. The van der Waals surface area contributed by atoms with Gasteiger partial charge >= 0.3 is 0 Å². The zero-order valence-electron chi connectivity index (χ0n) is 19.2. The van der Waals surface area contributed by atoms with Gasteiger partial charge in [0.15, 0.2) is 0 Å². The van der Waals surface area contributed by atoms with Gasteiger partial charge in [0.1, 0.15) is 0 Å². The van der Waals surface area contributed by atoms with Crippen LogP contribution in [0, 0.1) is 13.8 Å². The van der Waals surface area contributed by atoms with Crippen LogP contribution in [0.3, 0.4) is 0 Å². The van der Waals surface area contributed by atoms with E-state index < -0.39 is 10.0 Å². The quantitative estimate of drug-likeness (QED) is 0.602. The molecule has 1 aliphatic rings. The highest BCUT2D eigenvalue weighted by atomic mass is 32.2. The lowest BCUT2D eigenvalue weighted by atomic mass is 10.1. The molecule has 1 aliphatic heterocycles. The molecule has 1 amide bonds. The van der Waals surface area contributed by atoms with Crippen molar-refractivity contribution in [3.05, 3.63) is 64.7 Å². The van der Waals surface area contributed by atoms with Gasteiger partial charge < -0.3 is 5.32 Å². The molecule has 0 bridgehead atoms. The molecule has 0 aromatic heterocycles. The Morgan fingerprint density at radius 2 is 1.56 bits per heavy atom. The molecule has 2 N–H and O–H groups in total. The maximum atomic E-state index is 12.4. The smallest absolute Gasteiger partial charge is 0.240 e. The monoisotopic (exact) mass is 457 g/mol. The summed E-state index contributed by atoms with van der Waals surface area (Å²) in [6, 6.07) is 13.4. The molecule has 1 saturated heterocycles. The minimum absolute atomic E-state index is 0.0653. The second-order valence-corrected chi connectivity index (χ2v) is 10.4. The second-order valence-electron chi connectivity index (χ2n) is 8.68. The fourth-order valence-electron chi connectivity index (χ4n) is 3.87. The molecule has 1 fully saturated rings. The van der Waals surface area contributed by atoms with Crippen LogP contribution < -0.4 is 10.0 Å². The topological polar surface area (TPSA) is 78.5 Å². The first-order valence-corrected chi connectivity index (χ1v) is 13.0. The third-order valence-corrected chi connectivity index (χ3v) is 7.51. The number of carbonyl (C=O) groups excluding carboxylic acids is 1. The Morgan fingerprint density at radius 3 is 2.22 bits per heavy atom. The summed E-state index contributed by atoms with van der Waals surface area (Å²) in [6.45, 7) is 7.64. The molecule has 2 aromatic rings. The van der Waals surface area contributed by atoms with Crippen molar-refractivity contribution >= 4 is 15.9 Å². The molecule has 2 aromatic carbocycles. The van der Waals surface area contributed by atoms with Gasteiger partial charge in [-0.3, -0.25) is 9.69 Å². The molecule has 0 aliphatic carbocycles. The van der Waals surface area contributed by atoms with Gasteiger partial charge in [-0.25, -0.2) is 13.1 Å². The first kappa shape index (κ1) is 24.4. The highest BCUT2D eigenvalue weighted by molar-refractivity contribution is 7.89. The Morgan fingerprint density at radius 1 is 0.906 bits per heavy atom. The summed E-state index contributed by atoms with van der Waals surface area (Å²) in [4.78, 5) is 14.9. The Kier molecular flexibility index (Phi) is 8.84. The van der Waals surface area contributed by atoms with Gasteiger partial charge in [0.25, 0.3) is 0 Å². The van der Waals surface area contributed by atoms with E-state index in [2.05, 4.69) is 39.2 Å². The van der Waals surface area contributed by atoms with E-state index in [4.69, 9.17) is 0 Å². The summed E-state index contributed by atoms with van der Waals surface area (Å²) < 4.78 is 27.3. The van der Waals surface area contributed by atoms with E-state index in [0.29, 0.717) is 6.54 Å². The summed E-state index contributed by atoms with van der Waals surface area (Å²) in [7, 11) is -3.62. The molecule has 0 atom stereocenters. The molecular weight excluding hydrogens is 422 g/mol. The molecule has 3 rings (SSSR count). The molecule has 0 spiro atoms. The van der Waals surface area contributed by atoms with Crippen molar-refractivity contribution in [1.82, 2.24) is 14.9 Å². The second kappa shape index (κ2) is 11.6. The van der Waals surface area contributed by atoms with E-state index in [1.165, 1.54) is 44.3 Å². The number of aryl methyl sites for hydroxylation is 2.